The third kappa shape index (κ3) is 4.90. The van der Waals surface area contributed by atoms with Gasteiger partial charge in [0, 0.05) is 17.0 Å². The van der Waals surface area contributed by atoms with E-state index in [1.54, 1.807) is 14.0 Å². The predicted molar refractivity (Wildman–Crippen MR) is 126 cm³/mol. The topological polar surface area (TPSA) is 61.9 Å². The number of ether oxygens (including phenoxy) is 1. The van der Waals surface area contributed by atoms with Crippen LogP contribution >= 0.6 is 23.1 Å². The maximum atomic E-state index is 13.0. The first-order chi connectivity index (χ1) is 16.2. The van der Waals surface area contributed by atoms with Crippen molar-refractivity contribution in [3.05, 3.63) is 64.8 Å². The summed E-state index contributed by atoms with van der Waals surface area (Å²) in [4.78, 5) is 13.9. The number of nitrogens with zero attached hydrogens (tertiary/aromatic N) is 4. The van der Waals surface area contributed by atoms with Crippen LogP contribution in [0, 0.1) is 13.8 Å². The highest BCUT2D eigenvalue weighted by molar-refractivity contribution is 7.99. The van der Waals surface area contributed by atoms with E-state index < -0.39 is 12.7 Å². The van der Waals surface area contributed by atoms with Gasteiger partial charge in [0.05, 0.1) is 23.4 Å². The number of carbonyl (C=O) groups is 1. The largest absolute Gasteiger partial charge is 0.495 e. The van der Waals surface area contributed by atoms with Gasteiger partial charge in [-0.3, -0.25) is 9.36 Å². The number of halogens is 3. The van der Waals surface area contributed by atoms with Gasteiger partial charge in [-0.15, -0.1) is 21.5 Å². The van der Waals surface area contributed by atoms with E-state index in [9.17, 15) is 18.0 Å². The van der Waals surface area contributed by atoms with Crippen LogP contribution in [0.5, 0.6) is 5.75 Å². The smallest absolute Gasteiger partial charge is 0.406 e. The van der Waals surface area contributed by atoms with Crippen molar-refractivity contribution in [2.45, 2.75) is 31.7 Å². The lowest BCUT2D eigenvalue weighted by Gasteiger charge is -2.13. The molecule has 3 aromatic heterocycles. The monoisotopic (exact) mass is 506 g/mol. The lowest BCUT2D eigenvalue weighted by atomic mass is 10.2. The second kappa shape index (κ2) is 9.67. The molecule has 0 aliphatic carbocycles. The van der Waals surface area contributed by atoms with Gasteiger partial charge in [0.25, 0.3) is 0 Å². The van der Waals surface area contributed by atoms with Crippen molar-refractivity contribution in [1.29, 1.82) is 0 Å². The van der Waals surface area contributed by atoms with Crippen LogP contribution in [0.3, 0.4) is 0 Å². The van der Waals surface area contributed by atoms with Gasteiger partial charge in [-0.1, -0.05) is 30.0 Å². The van der Waals surface area contributed by atoms with Crippen molar-refractivity contribution in [2.24, 2.45) is 0 Å². The summed E-state index contributed by atoms with van der Waals surface area (Å²) in [5.74, 6) is 0.939. The van der Waals surface area contributed by atoms with Gasteiger partial charge in [0.2, 0.25) is 0 Å². The number of benzene rings is 1. The van der Waals surface area contributed by atoms with Crippen molar-refractivity contribution in [1.82, 2.24) is 19.3 Å². The Morgan fingerprint density at radius 1 is 1.15 bits per heavy atom. The Morgan fingerprint density at radius 3 is 2.59 bits per heavy atom. The van der Waals surface area contributed by atoms with E-state index in [2.05, 4.69) is 10.2 Å². The van der Waals surface area contributed by atoms with Gasteiger partial charge in [0.15, 0.2) is 16.8 Å². The molecule has 0 unspecified atom stereocenters. The standard InChI is InChI=1S/C23H21F3N4O2S2/c1-14-11-16(15(2)29(14)13-23(24,25)26)18(31)12-34-22-28-27-21(20-9-6-10-33-20)30(22)17-7-4-5-8-19(17)32-3/h4-11H,12-13H2,1-3H3. The molecule has 0 bridgehead atoms. The van der Waals surface area contributed by atoms with Gasteiger partial charge in [0.1, 0.15) is 12.3 Å². The molecule has 178 valence electrons. The first kappa shape index (κ1) is 24.1. The zero-order valence-electron chi connectivity index (χ0n) is 18.6. The van der Waals surface area contributed by atoms with Gasteiger partial charge in [-0.05, 0) is 43.5 Å². The Bertz CT molecular complexity index is 1310. The fourth-order valence-electron chi connectivity index (χ4n) is 3.67. The maximum Gasteiger partial charge on any atom is 0.406 e. The van der Waals surface area contributed by atoms with E-state index in [-0.39, 0.29) is 17.1 Å². The highest BCUT2D eigenvalue weighted by atomic mass is 32.2. The number of alkyl halides is 3. The fraction of sp³-hybridized carbons (Fsp3) is 0.261. The molecule has 0 spiro atoms. The summed E-state index contributed by atoms with van der Waals surface area (Å²) in [5.41, 5.74) is 1.68. The highest BCUT2D eigenvalue weighted by Crippen LogP contribution is 2.34. The normalized spacial score (nSPS) is 11.7. The molecule has 11 heteroatoms. The zero-order valence-corrected chi connectivity index (χ0v) is 20.2. The molecule has 3 heterocycles. The second-order valence-corrected chi connectivity index (χ2v) is 9.38. The number of ketones is 1. The molecule has 0 radical (unpaired) electrons. The van der Waals surface area contributed by atoms with E-state index in [1.807, 2.05) is 46.3 Å². The number of rotatable bonds is 8. The molecule has 0 saturated carbocycles. The molecule has 0 N–H and O–H groups in total. The van der Waals surface area contributed by atoms with Crippen LogP contribution < -0.4 is 4.74 Å². The van der Waals surface area contributed by atoms with Crippen LogP contribution in [0.15, 0.2) is 53.0 Å². The molecular weight excluding hydrogens is 485 g/mol. The van der Waals surface area contributed by atoms with Crippen molar-refractivity contribution < 1.29 is 22.7 Å². The molecule has 0 aliphatic heterocycles. The molecule has 34 heavy (non-hydrogen) atoms. The van der Waals surface area contributed by atoms with E-state index >= 15 is 0 Å². The lowest BCUT2D eigenvalue weighted by Crippen LogP contribution is -2.19. The van der Waals surface area contributed by atoms with Gasteiger partial charge >= 0.3 is 6.18 Å². The first-order valence-electron chi connectivity index (χ1n) is 10.2. The SMILES string of the molecule is COc1ccccc1-n1c(SCC(=O)c2cc(C)n(CC(F)(F)F)c2C)nnc1-c1cccs1. The number of thiophene rings is 1. The summed E-state index contributed by atoms with van der Waals surface area (Å²) in [6, 6.07) is 12.8. The van der Waals surface area contributed by atoms with Crippen LogP contribution in [0.1, 0.15) is 21.7 Å². The van der Waals surface area contributed by atoms with Crippen molar-refractivity contribution in [3.8, 4) is 22.1 Å². The van der Waals surface area contributed by atoms with E-state index in [0.29, 0.717) is 28.1 Å². The second-order valence-electron chi connectivity index (χ2n) is 7.49. The first-order valence-corrected chi connectivity index (χ1v) is 12.1. The minimum absolute atomic E-state index is 0.00592. The molecule has 0 fully saturated rings. The third-order valence-corrected chi connectivity index (χ3v) is 7.04. The number of thioether (sulfide) groups is 1. The number of Topliss-reactive ketones (excluding diaryl/α,β-unsaturated/α-hetero) is 1. The van der Waals surface area contributed by atoms with Crippen molar-refractivity contribution in [2.75, 3.05) is 12.9 Å². The van der Waals surface area contributed by atoms with Gasteiger partial charge in [-0.25, -0.2) is 0 Å². The van der Waals surface area contributed by atoms with Gasteiger partial charge < -0.3 is 9.30 Å². The van der Waals surface area contributed by atoms with Crippen molar-refractivity contribution in [3.63, 3.8) is 0 Å². The van der Waals surface area contributed by atoms with Crippen LogP contribution in [0.4, 0.5) is 13.2 Å². The summed E-state index contributed by atoms with van der Waals surface area (Å²) in [6.45, 7) is 1.97. The maximum absolute atomic E-state index is 13.0. The molecule has 0 aliphatic rings. The Balaban J connectivity index is 1.65. The molecule has 0 saturated heterocycles. The Hall–Kier alpha value is -3.05. The number of para-hydroxylation sites is 2. The Morgan fingerprint density at radius 2 is 1.91 bits per heavy atom. The average Bonchev–Trinajstić information content (AvgIpc) is 3.52. The molecule has 4 rings (SSSR count). The van der Waals surface area contributed by atoms with E-state index in [0.717, 1.165) is 15.1 Å². The summed E-state index contributed by atoms with van der Waals surface area (Å²) >= 11 is 2.69. The number of hydrogen-bond donors (Lipinski definition) is 0. The number of carbonyl (C=O) groups excluding carboxylic acids is 1. The van der Waals surface area contributed by atoms with Crippen LogP contribution in [0.25, 0.3) is 16.4 Å². The lowest BCUT2D eigenvalue weighted by molar-refractivity contribution is -0.141. The highest BCUT2D eigenvalue weighted by Gasteiger charge is 2.30. The minimum atomic E-state index is -4.37. The van der Waals surface area contributed by atoms with Crippen LogP contribution in [0.2, 0.25) is 0 Å². The van der Waals surface area contributed by atoms with Crippen LogP contribution in [-0.2, 0) is 6.54 Å². The molecule has 0 atom stereocenters. The average molecular weight is 507 g/mol. The summed E-state index contributed by atoms with van der Waals surface area (Å²) in [5, 5.41) is 11.1. The summed E-state index contributed by atoms with van der Waals surface area (Å²) in [7, 11) is 1.57. The molecule has 4 aromatic rings. The molecule has 6 nitrogen and oxygen atoms in total. The number of aromatic nitrogens is 4. The van der Waals surface area contributed by atoms with Gasteiger partial charge in [-0.2, -0.15) is 13.2 Å². The van der Waals surface area contributed by atoms with E-state index in [4.69, 9.17) is 4.74 Å². The van der Waals surface area contributed by atoms with Crippen LogP contribution in [-0.4, -0.2) is 44.2 Å². The molecule has 1 aromatic carbocycles. The number of hydrogen-bond acceptors (Lipinski definition) is 6. The predicted octanol–water partition coefficient (Wildman–Crippen LogP) is 5.96. The minimum Gasteiger partial charge on any atom is -0.495 e. The fourth-order valence-corrected chi connectivity index (χ4v) is 5.20. The number of methoxy groups -OCH3 is 1. The quantitative estimate of drug-likeness (QED) is 0.218. The summed E-state index contributed by atoms with van der Waals surface area (Å²) in [6.07, 6.45) is -4.37. The third-order valence-electron chi connectivity index (χ3n) is 5.24. The summed E-state index contributed by atoms with van der Waals surface area (Å²) < 4.78 is 47.3. The number of aryl methyl sites for hydroxylation is 1. The molecule has 0 amide bonds. The van der Waals surface area contributed by atoms with Crippen molar-refractivity contribution >= 4 is 28.9 Å². The zero-order chi connectivity index (χ0) is 24.5. The Labute approximate surface area is 202 Å². The molecular formula is C23H21F3N4O2S2. The Kier molecular flexibility index (Phi) is 6.85. The van der Waals surface area contributed by atoms with E-state index in [1.165, 1.54) is 36.1 Å².